The number of hydrogen-bond acceptors (Lipinski definition) is 4. The van der Waals surface area contributed by atoms with E-state index in [4.69, 9.17) is 0 Å². The summed E-state index contributed by atoms with van der Waals surface area (Å²) in [6.07, 6.45) is 0. The number of carbonyl (C=O) groups excluding carboxylic acids is 1. The van der Waals surface area contributed by atoms with E-state index in [9.17, 15) is 13.2 Å². The lowest BCUT2D eigenvalue weighted by Gasteiger charge is -2.11. The van der Waals surface area contributed by atoms with Gasteiger partial charge in [0.25, 0.3) is 5.91 Å². The van der Waals surface area contributed by atoms with Gasteiger partial charge in [-0.05, 0) is 57.5 Å². The molecule has 2 aromatic carbocycles. The summed E-state index contributed by atoms with van der Waals surface area (Å²) < 4.78 is 28.9. The zero-order valence-corrected chi connectivity index (χ0v) is 18.6. The van der Waals surface area contributed by atoms with Crippen LogP contribution in [0.4, 0.5) is 5.69 Å². The van der Waals surface area contributed by atoms with Gasteiger partial charge >= 0.3 is 0 Å². The topological polar surface area (TPSA) is 93.1 Å². The third kappa shape index (κ3) is 4.29. The van der Waals surface area contributed by atoms with Crippen molar-refractivity contribution in [1.29, 1.82) is 0 Å². The van der Waals surface area contributed by atoms with E-state index in [0.29, 0.717) is 22.5 Å². The number of benzene rings is 2. The SMILES string of the molecule is CCNS(=O)(=O)c1ccc(C)c(C(=O)Nc2c(C)nn(-c3ccc(C)cc3)c2C)c1. The fraction of sp³-hybridized carbons (Fsp3) is 0.273. The lowest BCUT2D eigenvalue weighted by molar-refractivity contribution is 0.102. The molecule has 0 radical (unpaired) electrons. The van der Waals surface area contributed by atoms with Crippen LogP contribution >= 0.6 is 0 Å². The molecule has 0 unspecified atom stereocenters. The summed E-state index contributed by atoms with van der Waals surface area (Å²) in [6, 6.07) is 12.5. The van der Waals surface area contributed by atoms with Gasteiger partial charge in [0, 0.05) is 12.1 Å². The second-order valence-corrected chi connectivity index (χ2v) is 8.99. The first-order valence-corrected chi connectivity index (χ1v) is 11.2. The second kappa shape index (κ2) is 8.41. The number of aryl methyl sites for hydroxylation is 3. The molecule has 30 heavy (non-hydrogen) atoms. The van der Waals surface area contributed by atoms with Crippen molar-refractivity contribution in [3.05, 3.63) is 70.5 Å². The van der Waals surface area contributed by atoms with Crippen molar-refractivity contribution in [3.8, 4) is 5.69 Å². The molecule has 0 aliphatic carbocycles. The molecule has 1 heterocycles. The van der Waals surface area contributed by atoms with Crippen LogP contribution in [0.15, 0.2) is 47.4 Å². The van der Waals surface area contributed by atoms with Crippen LogP contribution in [0, 0.1) is 27.7 Å². The minimum absolute atomic E-state index is 0.0592. The molecule has 0 atom stereocenters. The molecule has 3 rings (SSSR count). The minimum atomic E-state index is -3.65. The molecule has 7 nitrogen and oxygen atoms in total. The molecule has 0 aliphatic rings. The van der Waals surface area contributed by atoms with Crippen LogP contribution in [-0.4, -0.2) is 30.7 Å². The molecule has 3 aromatic rings. The van der Waals surface area contributed by atoms with Crippen LogP contribution in [0.3, 0.4) is 0 Å². The van der Waals surface area contributed by atoms with Gasteiger partial charge in [-0.15, -0.1) is 0 Å². The molecule has 0 saturated carbocycles. The minimum Gasteiger partial charge on any atom is -0.319 e. The standard InChI is InChI=1S/C22H26N4O3S/c1-6-23-30(28,29)19-12-9-15(3)20(13-19)22(27)24-21-16(4)25-26(17(21)5)18-10-7-14(2)8-11-18/h7-13,23H,6H2,1-5H3,(H,24,27). The van der Waals surface area contributed by atoms with E-state index in [1.165, 1.54) is 12.1 Å². The Morgan fingerprint density at radius 2 is 1.70 bits per heavy atom. The van der Waals surface area contributed by atoms with Gasteiger partial charge in [0.1, 0.15) is 0 Å². The van der Waals surface area contributed by atoms with Crippen LogP contribution in [-0.2, 0) is 10.0 Å². The number of hydrogen-bond donors (Lipinski definition) is 2. The fourth-order valence-corrected chi connectivity index (χ4v) is 4.29. The quantitative estimate of drug-likeness (QED) is 0.629. The highest BCUT2D eigenvalue weighted by Crippen LogP contribution is 2.25. The Labute approximate surface area is 177 Å². The predicted molar refractivity (Wildman–Crippen MR) is 118 cm³/mol. The molecule has 1 amide bonds. The molecule has 0 fully saturated rings. The van der Waals surface area contributed by atoms with E-state index in [1.54, 1.807) is 24.6 Å². The Kier molecular flexibility index (Phi) is 6.09. The molecular formula is C22H26N4O3S. The number of nitrogens with zero attached hydrogens (tertiary/aromatic N) is 2. The average Bonchev–Trinajstić information content (AvgIpc) is 2.97. The van der Waals surface area contributed by atoms with Crippen LogP contribution in [0.1, 0.15) is 39.8 Å². The molecule has 0 spiro atoms. The molecule has 0 bridgehead atoms. The third-order valence-electron chi connectivity index (χ3n) is 4.91. The Morgan fingerprint density at radius 3 is 2.33 bits per heavy atom. The van der Waals surface area contributed by atoms with Crippen LogP contribution in [0.25, 0.3) is 5.69 Å². The van der Waals surface area contributed by atoms with Gasteiger partial charge in [-0.3, -0.25) is 4.79 Å². The summed E-state index contributed by atoms with van der Waals surface area (Å²) in [6.45, 7) is 9.48. The normalized spacial score (nSPS) is 11.5. The van der Waals surface area contributed by atoms with Crippen molar-refractivity contribution in [2.45, 2.75) is 39.5 Å². The number of amides is 1. The smallest absolute Gasteiger partial charge is 0.256 e. The van der Waals surface area contributed by atoms with Crippen molar-refractivity contribution in [2.24, 2.45) is 0 Å². The number of aromatic nitrogens is 2. The Morgan fingerprint density at radius 1 is 1.03 bits per heavy atom. The molecule has 0 aliphatic heterocycles. The first kappa shape index (κ1) is 21.7. The number of anilines is 1. The maximum absolute atomic E-state index is 13.0. The summed E-state index contributed by atoms with van der Waals surface area (Å²) in [5, 5.41) is 7.47. The number of sulfonamides is 1. The fourth-order valence-electron chi connectivity index (χ4n) is 3.23. The summed E-state index contributed by atoms with van der Waals surface area (Å²) in [4.78, 5) is 13.1. The molecular weight excluding hydrogens is 400 g/mol. The van der Waals surface area contributed by atoms with Crippen molar-refractivity contribution in [3.63, 3.8) is 0 Å². The van der Waals surface area contributed by atoms with Gasteiger partial charge in [-0.25, -0.2) is 17.8 Å². The monoisotopic (exact) mass is 426 g/mol. The lowest BCUT2D eigenvalue weighted by atomic mass is 10.1. The van der Waals surface area contributed by atoms with Crippen molar-refractivity contribution < 1.29 is 13.2 Å². The van der Waals surface area contributed by atoms with Crippen LogP contribution < -0.4 is 10.0 Å². The summed E-state index contributed by atoms with van der Waals surface area (Å²) in [5.41, 5.74) is 5.11. The van der Waals surface area contributed by atoms with Gasteiger partial charge < -0.3 is 5.32 Å². The van der Waals surface area contributed by atoms with Crippen LogP contribution in [0.2, 0.25) is 0 Å². The van der Waals surface area contributed by atoms with Crippen LogP contribution in [0.5, 0.6) is 0 Å². The van der Waals surface area contributed by atoms with Crippen molar-refractivity contribution >= 4 is 21.6 Å². The first-order valence-electron chi connectivity index (χ1n) is 9.69. The Hall–Kier alpha value is -2.97. The second-order valence-electron chi connectivity index (χ2n) is 7.23. The highest BCUT2D eigenvalue weighted by atomic mass is 32.2. The zero-order valence-electron chi connectivity index (χ0n) is 17.8. The Balaban J connectivity index is 1.94. The molecule has 0 saturated heterocycles. The van der Waals surface area contributed by atoms with Crippen molar-refractivity contribution in [1.82, 2.24) is 14.5 Å². The summed E-state index contributed by atoms with van der Waals surface area (Å²) >= 11 is 0. The van der Waals surface area contributed by atoms with E-state index in [2.05, 4.69) is 15.1 Å². The third-order valence-corrected chi connectivity index (χ3v) is 6.45. The average molecular weight is 427 g/mol. The molecule has 2 N–H and O–H groups in total. The maximum atomic E-state index is 13.0. The number of carbonyl (C=O) groups is 1. The number of nitrogens with one attached hydrogen (secondary N) is 2. The van der Waals surface area contributed by atoms with Gasteiger partial charge in [-0.1, -0.05) is 30.7 Å². The zero-order chi connectivity index (χ0) is 22.1. The van der Waals surface area contributed by atoms with Gasteiger partial charge in [0.2, 0.25) is 10.0 Å². The number of rotatable bonds is 6. The van der Waals surface area contributed by atoms with Crippen molar-refractivity contribution in [2.75, 3.05) is 11.9 Å². The van der Waals surface area contributed by atoms with E-state index in [-0.39, 0.29) is 17.3 Å². The summed E-state index contributed by atoms with van der Waals surface area (Å²) in [5.74, 6) is -0.379. The molecule has 1 aromatic heterocycles. The lowest BCUT2D eigenvalue weighted by Crippen LogP contribution is -2.24. The van der Waals surface area contributed by atoms with E-state index >= 15 is 0 Å². The molecule has 158 valence electrons. The molecule has 8 heteroatoms. The van der Waals surface area contributed by atoms with E-state index in [1.807, 2.05) is 45.0 Å². The highest BCUT2D eigenvalue weighted by Gasteiger charge is 2.20. The van der Waals surface area contributed by atoms with Gasteiger partial charge in [-0.2, -0.15) is 5.10 Å². The highest BCUT2D eigenvalue weighted by molar-refractivity contribution is 7.89. The first-order chi connectivity index (χ1) is 14.1. The van der Waals surface area contributed by atoms with E-state index in [0.717, 1.165) is 16.9 Å². The predicted octanol–water partition coefficient (Wildman–Crippen LogP) is 3.66. The van der Waals surface area contributed by atoms with Gasteiger partial charge in [0.15, 0.2) is 0 Å². The summed E-state index contributed by atoms with van der Waals surface area (Å²) in [7, 11) is -3.65. The maximum Gasteiger partial charge on any atom is 0.256 e. The van der Waals surface area contributed by atoms with E-state index < -0.39 is 10.0 Å². The largest absolute Gasteiger partial charge is 0.319 e. The van der Waals surface area contributed by atoms with Gasteiger partial charge in [0.05, 0.1) is 27.7 Å². The Bertz CT molecular complexity index is 1200.